The smallest absolute Gasteiger partial charge is 0.123 e. The van der Waals surface area contributed by atoms with Gasteiger partial charge in [-0.1, -0.05) is 6.92 Å². The topological polar surface area (TPSA) is 37.3 Å². The molecule has 0 aromatic rings. The minimum absolute atomic E-state index is 0.176. The van der Waals surface area contributed by atoms with Crippen LogP contribution in [0.5, 0.6) is 0 Å². The van der Waals surface area contributed by atoms with Crippen molar-refractivity contribution in [2.75, 3.05) is 0 Å². The third kappa shape index (κ3) is 2.03. The maximum absolute atomic E-state index is 10.5. The summed E-state index contributed by atoms with van der Waals surface area (Å²) >= 11 is 0. The zero-order valence-electron chi connectivity index (χ0n) is 7.21. The SMILES string of the molecule is C[C@H]1CC(C)(O)CC[C@H]1C=O. The third-order valence-electron chi connectivity index (χ3n) is 2.68. The second-order valence-electron chi connectivity index (χ2n) is 4.02. The second kappa shape index (κ2) is 2.94. The molecule has 0 aromatic carbocycles. The number of carbonyl (C=O) groups excluding carboxylic acids is 1. The van der Waals surface area contributed by atoms with Crippen LogP contribution in [0.4, 0.5) is 0 Å². The van der Waals surface area contributed by atoms with Gasteiger partial charge in [0, 0.05) is 5.92 Å². The lowest BCUT2D eigenvalue weighted by molar-refractivity contribution is -0.115. The molecule has 2 heteroatoms. The van der Waals surface area contributed by atoms with Crippen LogP contribution in [0.25, 0.3) is 0 Å². The van der Waals surface area contributed by atoms with E-state index in [9.17, 15) is 9.90 Å². The van der Waals surface area contributed by atoms with Crippen LogP contribution in [0.2, 0.25) is 0 Å². The van der Waals surface area contributed by atoms with Crippen molar-refractivity contribution in [2.24, 2.45) is 11.8 Å². The van der Waals surface area contributed by atoms with Gasteiger partial charge in [0.05, 0.1) is 5.60 Å². The van der Waals surface area contributed by atoms with Crippen LogP contribution in [-0.4, -0.2) is 17.0 Å². The van der Waals surface area contributed by atoms with E-state index in [1.54, 1.807) is 0 Å². The highest BCUT2D eigenvalue weighted by molar-refractivity contribution is 5.54. The van der Waals surface area contributed by atoms with Crippen LogP contribution in [0, 0.1) is 11.8 Å². The number of aldehydes is 1. The molecule has 1 N–H and O–H groups in total. The van der Waals surface area contributed by atoms with Gasteiger partial charge in [0.25, 0.3) is 0 Å². The van der Waals surface area contributed by atoms with Crippen LogP contribution >= 0.6 is 0 Å². The predicted octanol–water partition coefficient (Wildman–Crippen LogP) is 1.37. The van der Waals surface area contributed by atoms with E-state index in [0.29, 0.717) is 5.92 Å². The summed E-state index contributed by atoms with van der Waals surface area (Å²) in [4.78, 5) is 10.5. The Balaban J connectivity index is 2.54. The summed E-state index contributed by atoms with van der Waals surface area (Å²) in [6, 6.07) is 0. The van der Waals surface area contributed by atoms with Crippen LogP contribution in [-0.2, 0) is 4.79 Å². The molecule has 0 amide bonds. The lowest BCUT2D eigenvalue weighted by Gasteiger charge is -2.35. The molecule has 1 aliphatic carbocycles. The summed E-state index contributed by atoms with van der Waals surface area (Å²) in [6.45, 7) is 3.89. The van der Waals surface area contributed by atoms with Gasteiger partial charge in [-0.2, -0.15) is 0 Å². The summed E-state index contributed by atoms with van der Waals surface area (Å²) in [6.07, 6.45) is 3.40. The van der Waals surface area contributed by atoms with Gasteiger partial charge < -0.3 is 9.90 Å². The van der Waals surface area contributed by atoms with Crippen molar-refractivity contribution in [1.29, 1.82) is 0 Å². The van der Waals surface area contributed by atoms with Crippen LogP contribution in [0.1, 0.15) is 33.1 Å². The Morgan fingerprint density at radius 2 is 2.27 bits per heavy atom. The number of rotatable bonds is 1. The van der Waals surface area contributed by atoms with Gasteiger partial charge in [-0.15, -0.1) is 0 Å². The molecule has 1 saturated carbocycles. The number of aliphatic hydroxyl groups is 1. The van der Waals surface area contributed by atoms with Crippen molar-refractivity contribution in [3.63, 3.8) is 0 Å². The fourth-order valence-corrected chi connectivity index (χ4v) is 1.91. The first-order chi connectivity index (χ1) is 5.05. The van der Waals surface area contributed by atoms with E-state index in [4.69, 9.17) is 0 Å². The van der Waals surface area contributed by atoms with Crippen LogP contribution in [0.15, 0.2) is 0 Å². The van der Waals surface area contributed by atoms with Crippen molar-refractivity contribution >= 4 is 6.29 Å². The Hall–Kier alpha value is -0.370. The van der Waals surface area contributed by atoms with E-state index in [1.165, 1.54) is 0 Å². The zero-order valence-corrected chi connectivity index (χ0v) is 7.21. The summed E-state index contributed by atoms with van der Waals surface area (Å²) < 4.78 is 0. The summed E-state index contributed by atoms with van der Waals surface area (Å²) in [5.41, 5.74) is -0.529. The molecule has 1 rings (SSSR count). The van der Waals surface area contributed by atoms with E-state index in [-0.39, 0.29) is 5.92 Å². The lowest BCUT2D eigenvalue weighted by Crippen LogP contribution is -2.35. The van der Waals surface area contributed by atoms with E-state index in [1.807, 2.05) is 13.8 Å². The molecule has 0 aliphatic heterocycles. The van der Waals surface area contributed by atoms with Crippen molar-refractivity contribution < 1.29 is 9.90 Å². The highest BCUT2D eigenvalue weighted by Gasteiger charge is 2.33. The van der Waals surface area contributed by atoms with Gasteiger partial charge in [0.15, 0.2) is 0 Å². The molecule has 0 radical (unpaired) electrons. The molecule has 11 heavy (non-hydrogen) atoms. The molecular formula is C9H16O2. The second-order valence-corrected chi connectivity index (χ2v) is 4.02. The summed E-state index contributed by atoms with van der Waals surface area (Å²) in [7, 11) is 0. The number of hydrogen-bond acceptors (Lipinski definition) is 2. The molecule has 0 aromatic heterocycles. The molecule has 1 fully saturated rings. The van der Waals surface area contributed by atoms with Gasteiger partial charge in [0.2, 0.25) is 0 Å². The summed E-state index contributed by atoms with van der Waals surface area (Å²) in [5, 5.41) is 9.64. The molecule has 0 saturated heterocycles. The number of hydrogen-bond donors (Lipinski definition) is 1. The predicted molar refractivity (Wildman–Crippen MR) is 43.2 cm³/mol. The minimum Gasteiger partial charge on any atom is -0.390 e. The first kappa shape index (κ1) is 8.72. The minimum atomic E-state index is -0.529. The Bertz CT molecular complexity index is 152. The first-order valence-electron chi connectivity index (χ1n) is 4.23. The average molecular weight is 156 g/mol. The molecule has 2 nitrogen and oxygen atoms in total. The normalized spacial score (nSPS) is 45.4. The van der Waals surface area contributed by atoms with E-state index in [2.05, 4.69) is 0 Å². The molecular weight excluding hydrogens is 140 g/mol. The Morgan fingerprint density at radius 3 is 2.73 bits per heavy atom. The summed E-state index contributed by atoms with van der Waals surface area (Å²) in [5.74, 6) is 0.520. The molecule has 0 heterocycles. The van der Waals surface area contributed by atoms with Crippen LogP contribution in [0.3, 0.4) is 0 Å². The van der Waals surface area contributed by atoms with Crippen molar-refractivity contribution in [1.82, 2.24) is 0 Å². The van der Waals surface area contributed by atoms with Crippen molar-refractivity contribution in [3.8, 4) is 0 Å². The standard InChI is InChI=1S/C9H16O2/c1-7-5-9(2,11)4-3-8(7)6-10/h6-8,11H,3-5H2,1-2H3/t7-,8-,9?/m0/s1. The largest absolute Gasteiger partial charge is 0.390 e. The van der Waals surface area contributed by atoms with Crippen molar-refractivity contribution in [2.45, 2.75) is 38.7 Å². The van der Waals surface area contributed by atoms with Crippen molar-refractivity contribution in [3.05, 3.63) is 0 Å². The molecule has 64 valence electrons. The van der Waals surface area contributed by atoms with E-state index < -0.39 is 5.60 Å². The fraction of sp³-hybridized carbons (Fsp3) is 0.889. The quantitative estimate of drug-likeness (QED) is 0.582. The molecule has 0 bridgehead atoms. The van der Waals surface area contributed by atoms with Crippen LogP contribution < -0.4 is 0 Å². The number of carbonyl (C=O) groups is 1. The van der Waals surface area contributed by atoms with Gasteiger partial charge in [-0.3, -0.25) is 0 Å². The highest BCUT2D eigenvalue weighted by atomic mass is 16.3. The monoisotopic (exact) mass is 156 g/mol. The first-order valence-corrected chi connectivity index (χ1v) is 4.23. The average Bonchev–Trinajstić information content (AvgIpc) is 1.86. The third-order valence-corrected chi connectivity index (χ3v) is 2.68. The van der Waals surface area contributed by atoms with Gasteiger partial charge in [-0.25, -0.2) is 0 Å². The zero-order chi connectivity index (χ0) is 8.48. The molecule has 1 unspecified atom stereocenters. The fourth-order valence-electron chi connectivity index (χ4n) is 1.91. The maximum Gasteiger partial charge on any atom is 0.123 e. The highest BCUT2D eigenvalue weighted by Crippen LogP contribution is 2.34. The van der Waals surface area contributed by atoms with Gasteiger partial charge >= 0.3 is 0 Å². The Labute approximate surface area is 67.6 Å². The Kier molecular flexibility index (Phi) is 2.33. The lowest BCUT2D eigenvalue weighted by atomic mass is 9.74. The molecule has 1 aliphatic rings. The van der Waals surface area contributed by atoms with Gasteiger partial charge in [0.1, 0.15) is 6.29 Å². The Morgan fingerprint density at radius 1 is 1.64 bits per heavy atom. The maximum atomic E-state index is 10.5. The van der Waals surface area contributed by atoms with Gasteiger partial charge in [-0.05, 0) is 32.1 Å². The van der Waals surface area contributed by atoms with E-state index >= 15 is 0 Å². The molecule has 0 spiro atoms. The molecule has 3 atom stereocenters. The van der Waals surface area contributed by atoms with E-state index in [0.717, 1.165) is 25.5 Å².